The molecule has 0 aliphatic rings. The van der Waals surface area contributed by atoms with E-state index in [1.54, 1.807) is 14.0 Å². The van der Waals surface area contributed by atoms with E-state index in [1.807, 2.05) is 0 Å². The van der Waals surface area contributed by atoms with Crippen molar-refractivity contribution in [3.05, 3.63) is 35.4 Å². The fourth-order valence-corrected chi connectivity index (χ4v) is 1.69. The van der Waals surface area contributed by atoms with E-state index in [0.29, 0.717) is 13.2 Å². The average molecular weight is 259 g/mol. The third kappa shape index (κ3) is 4.68. The Morgan fingerprint density at radius 2 is 2.11 bits per heavy atom. The maximum atomic E-state index is 13.4. The second-order valence-corrected chi connectivity index (χ2v) is 4.56. The minimum Gasteiger partial charge on any atom is -0.389 e. The van der Waals surface area contributed by atoms with Crippen LogP contribution in [-0.2, 0) is 11.2 Å². The summed E-state index contributed by atoms with van der Waals surface area (Å²) < 4.78 is 31.3. The normalized spacial score (nSPS) is 14.5. The third-order valence-corrected chi connectivity index (χ3v) is 2.59. The molecule has 0 heterocycles. The Bertz CT molecular complexity index is 383. The summed E-state index contributed by atoms with van der Waals surface area (Å²) in [5.74, 6) is -1.79. The molecule has 0 spiro atoms. The van der Waals surface area contributed by atoms with Crippen LogP contribution in [0.25, 0.3) is 0 Å². The molecule has 0 aliphatic heterocycles. The number of rotatable bonds is 7. The molecule has 0 aliphatic carbocycles. The molecule has 1 atom stereocenters. The Balaban J connectivity index is 2.56. The van der Waals surface area contributed by atoms with E-state index < -0.39 is 17.2 Å². The maximum absolute atomic E-state index is 13.4. The van der Waals surface area contributed by atoms with Crippen LogP contribution >= 0.6 is 0 Å². The molecule has 102 valence electrons. The molecule has 0 bridgehead atoms. The minimum atomic E-state index is -1.14. The van der Waals surface area contributed by atoms with Crippen LogP contribution in [0.15, 0.2) is 18.2 Å². The van der Waals surface area contributed by atoms with E-state index >= 15 is 0 Å². The van der Waals surface area contributed by atoms with Gasteiger partial charge in [0.2, 0.25) is 0 Å². The average Bonchev–Trinajstić information content (AvgIpc) is 2.31. The largest absolute Gasteiger partial charge is 0.389 e. The van der Waals surface area contributed by atoms with Crippen molar-refractivity contribution >= 4 is 0 Å². The van der Waals surface area contributed by atoms with E-state index in [2.05, 4.69) is 5.32 Å². The molecule has 0 radical (unpaired) electrons. The molecular weight excluding hydrogens is 240 g/mol. The Morgan fingerprint density at radius 1 is 1.39 bits per heavy atom. The van der Waals surface area contributed by atoms with Gasteiger partial charge in [0.05, 0.1) is 12.2 Å². The van der Waals surface area contributed by atoms with Crippen molar-refractivity contribution in [1.82, 2.24) is 5.32 Å². The lowest BCUT2D eigenvalue weighted by Gasteiger charge is -2.24. The molecule has 1 unspecified atom stereocenters. The monoisotopic (exact) mass is 259 g/mol. The first-order valence-electron chi connectivity index (χ1n) is 5.81. The summed E-state index contributed by atoms with van der Waals surface area (Å²) in [4.78, 5) is 0. The second-order valence-electron chi connectivity index (χ2n) is 4.56. The van der Waals surface area contributed by atoms with Gasteiger partial charge in [-0.25, -0.2) is 8.78 Å². The van der Waals surface area contributed by atoms with Gasteiger partial charge in [0.25, 0.3) is 0 Å². The highest BCUT2D eigenvalue weighted by atomic mass is 19.2. The van der Waals surface area contributed by atoms with Gasteiger partial charge in [-0.15, -0.1) is 0 Å². The standard InChI is InChI=1S/C13H19F2NO2/c1-13(17,9-16-6-7-18-2)8-10-4-3-5-11(14)12(10)15/h3-5,16-17H,6-9H2,1-2H3. The van der Waals surface area contributed by atoms with E-state index in [4.69, 9.17) is 4.74 Å². The first kappa shape index (κ1) is 15.0. The van der Waals surface area contributed by atoms with E-state index in [9.17, 15) is 13.9 Å². The Kier molecular flexibility index (Phi) is 5.65. The molecule has 0 amide bonds. The quantitative estimate of drug-likeness (QED) is 0.729. The first-order valence-corrected chi connectivity index (χ1v) is 5.81. The van der Waals surface area contributed by atoms with Gasteiger partial charge in [-0.1, -0.05) is 12.1 Å². The lowest BCUT2D eigenvalue weighted by Crippen LogP contribution is -2.41. The molecule has 0 fully saturated rings. The van der Waals surface area contributed by atoms with Gasteiger partial charge in [-0.3, -0.25) is 0 Å². The first-order chi connectivity index (χ1) is 8.46. The lowest BCUT2D eigenvalue weighted by atomic mass is 9.96. The van der Waals surface area contributed by atoms with Crippen LogP contribution in [0, 0.1) is 11.6 Å². The number of halogens is 2. The zero-order valence-corrected chi connectivity index (χ0v) is 10.7. The van der Waals surface area contributed by atoms with Crippen LogP contribution in [0.1, 0.15) is 12.5 Å². The molecule has 0 aromatic heterocycles. The van der Waals surface area contributed by atoms with Crippen LogP contribution < -0.4 is 5.32 Å². The van der Waals surface area contributed by atoms with Crippen LogP contribution in [-0.4, -0.2) is 37.5 Å². The smallest absolute Gasteiger partial charge is 0.162 e. The molecule has 0 saturated heterocycles. The summed E-state index contributed by atoms with van der Waals surface area (Å²) in [7, 11) is 1.59. The Labute approximate surface area is 106 Å². The van der Waals surface area contributed by atoms with E-state index in [1.165, 1.54) is 12.1 Å². The van der Waals surface area contributed by atoms with Gasteiger partial charge >= 0.3 is 0 Å². The highest BCUT2D eigenvalue weighted by Crippen LogP contribution is 2.17. The number of benzene rings is 1. The molecule has 1 rings (SSSR count). The molecule has 1 aromatic rings. The number of methoxy groups -OCH3 is 1. The topological polar surface area (TPSA) is 41.5 Å². The number of ether oxygens (including phenoxy) is 1. The highest BCUT2D eigenvalue weighted by molar-refractivity contribution is 5.20. The van der Waals surface area contributed by atoms with Crippen molar-refractivity contribution in [2.45, 2.75) is 18.9 Å². The number of aliphatic hydroxyl groups is 1. The van der Waals surface area contributed by atoms with Gasteiger partial charge in [0, 0.05) is 26.6 Å². The second kappa shape index (κ2) is 6.78. The van der Waals surface area contributed by atoms with Gasteiger partial charge in [-0.05, 0) is 18.6 Å². The fourth-order valence-electron chi connectivity index (χ4n) is 1.69. The third-order valence-electron chi connectivity index (χ3n) is 2.59. The SMILES string of the molecule is COCCNCC(C)(O)Cc1cccc(F)c1F. The zero-order valence-electron chi connectivity index (χ0n) is 10.7. The molecule has 1 aromatic carbocycles. The van der Waals surface area contributed by atoms with Crippen LogP contribution in [0.5, 0.6) is 0 Å². The fraction of sp³-hybridized carbons (Fsp3) is 0.538. The molecule has 0 saturated carbocycles. The molecule has 18 heavy (non-hydrogen) atoms. The van der Waals surface area contributed by atoms with Crippen molar-refractivity contribution in [3.8, 4) is 0 Å². The van der Waals surface area contributed by atoms with Crippen molar-refractivity contribution in [2.75, 3.05) is 26.8 Å². The van der Waals surface area contributed by atoms with Crippen molar-refractivity contribution in [3.63, 3.8) is 0 Å². The highest BCUT2D eigenvalue weighted by Gasteiger charge is 2.23. The minimum absolute atomic E-state index is 0.0522. The summed E-state index contributed by atoms with van der Waals surface area (Å²) in [6, 6.07) is 3.97. The van der Waals surface area contributed by atoms with Gasteiger partial charge in [0.15, 0.2) is 11.6 Å². The van der Waals surface area contributed by atoms with Crippen LogP contribution in [0.2, 0.25) is 0 Å². The molecule has 2 N–H and O–H groups in total. The van der Waals surface area contributed by atoms with E-state index in [0.717, 1.165) is 6.07 Å². The lowest BCUT2D eigenvalue weighted by molar-refractivity contribution is 0.0571. The summed E-state index contributed by atoms with van der Waals surface area (Å²) in [5, 5.41) is 13.1. The summed E-state index contributed by atoms with van der Waals surface area (Å²) in [6.07, 6.45) is 0.0522. The van der Waals surface area contributed by atoms with Gasteiger partial charge in [-0.2, -0.15) is 0 Å². The predicted molar refractivity (Wildman–Crippen MR) is 65.4 cm³/mol. The summed E-state index contributed by atoms with van der Waals surface area (Å²) in [6.45, 7) is 2.99. The van der Waals surface area contributed by atoms with Crippen LogP contribution in [0.4, 0.5) is 8.78 Å². The molecule has 3 nitrogen and oxygen atoms in total. The molecular formula is C13H19F2NO2. The van der Waals surface area contributed by atoms with Crippen molar-refractivity contribution in [2.24, 2.45) is 0 Å². The zero-order chi connectivity index (χ0) is 13.6. The van der Waals surface area contributed by atoms with Gasteiger partial charge < -0.3 is 15.2 Å². The number of hydrogen-bond donors (Lipinski definition) is 2. The number of nitrogens with one attached hydrogen (secondary N) is 1. The van der Waals surface area contributed by atoms with Crippen molar-refractivity contribution in [1.29, 1.82) is 0 Å². The summed E-state index contributed by atoms with van der Waals surface area (Å²) >= 11 is 0. The van der Waals surface area contributed by atoms with Crippen LogP contribution in [0.3, 0.4) is 0 Å². The predicted octanol–water partition coefficient (Wildman–Crippen LogP) is 1.49. The van der Waals surface area contributed by atoms with Crippen molar-refractivity contribution < 1.29 is 18.6 Å². The maximum Gasteiger partial charge on any atom is 0.162 e. The van der Waals surface area contributed by atoms with Gasteiger partial charge in [0.1, 0.15) is 0 Å². The summed E-state index contributed by atoms with van der Waals surface area (Å²) in [5.41, 5.74) is -0.962. The number of hydrogen-bond acceptors (Lipinski definition) is 3. The molecule has 5 heteroatoms. The Hall–Kier alpha value is -1.04. The van der Waals surface area contributed by atoms with E-state index in [-0.39, 0.29) is 18.5 Å². The Morgan fingerprint density at radius 3 is 2.78 bits per heavy atom.